The van der Waals surface area contributed by atoms with Crippen molar-refractivity contribution in [2.24, 2.45) is 5.92 Å². The average molecular weight is 283 g/mol. The van der Waals surface area contributed by atoms with Crippen LogP contribution >= 0.6 is 11.6 Å². The number of fused-ring (bicyclic) bond motifs is 1. The quantitative estimate of drug-likeness (QED) is 0.802. The number of hydrogen-bond acceptors (Lipinski definition) is 6. The summed E-state index contributed by atoms with van der Waals surface area (Å²) < 4.78 is 1.74. The van der Waals surface area contributed by atoms with Crippen molar-refractivity contribution >= 4 is 28.7 Å². The van der Waals surface area contributed by atoms with E-state index in [1.54, 1.807) is 4.68 Å². The topological polar surface area (TPSA) is 103 Å². The Morgan fingerprint density at radius 3 is 2.89 bits per heavy atom. The highest BCUT2D eigenvalue weighted by atomic mass is 35.5. The van der Waals surface area contributed by atoms with E-state index in [2.05, 4.69) is 20.3 Å². The summed E-state index contributed by atoms with van der Waals surface area (Å²) in [7, 11) is 0. The predicted molar refractivity (Wildman–Crippen MR) is 70.6 cm³/mol. The van der Waals surface area contributed by atoms with Gasteiger partial charge in [-0.15, -0.1) is 5.10 Å². The lowest BCUT2D eigenvalue weighted by Crippen LogP contribution is -2.27. The standard InChI is InChI=1S/C11H15ClN6O/c12-9-8-10(15-11(13)14-9)18(17-16-8)7-4-2-1-3-6(7)5-19/h6-7,19H,1-5H2,(H2,13,14,15)/t6-,7-/m0/s1. The van der Waals surface area contributed by atoms with Gasteiger partial charge in [-0.3, -0.25) is 0 Å². The van der Waals surface area contributed by atoms with Crippen LogP contribution in [-0.2, 0) is 0 Å². The molecule has 0 spiro atoms. The average Bonchev–Trinajstić information content (AvgIpc) is 2.82. The van der Waals surface area contributed by atoms with E-state index >= 15 is 0 Å². The zero-order valence-corrected chi connectivity index (χ0v) is 11.1. The summed E-state index contributed by atoms with van der Waals surface area (Å²) in [6.07, 6.45) is 4.17. The van der Waals surface area contributed by atoms with Crippen LogP contribution < -0.4 is 5.73 Å². The first kappa shape index (κ1) is 12.6. The van der Waals surface area contributed by atoms with Crippen LogP contribution in [0.1, 0.15) is 31.7 Å². The van der Waals surface area contributed by atoms with Gasteiger partial charge in [0.2, 0.25) is 5.95 Å². The van der Waals surface area contributed by atoms with Crippen LogP contribution in [0.2, 0.25) is 5.15 Å². The Balaban J connectivity index is 2.09. The first-order valence-corrected chi connectivity index (χ1v) is 6.73. The number of aliphatic hydroxyl groups excluding tert-OH is 1. The van der Waals surface area contributed by atoms with Crippen LogP contribution in [0.25, 0.3) is 11.2 Å². The molecule has 0 aromatic carbocycles. The van der Waals surface area contributed by atoms with Crippen molar-refractivity contribution < 1.29 is 5.11 Å². The zero-order valence-electron chi connectivity index (χ0n) is 10.3. The summed E-state index contributed by atoms with van der Waals surface area (Å²) in [6, 6.07) is 0.0918. The van der Waals surface area contributed by atoms with E-state index in [1.165, 1.54) is 0 Å². The summed E-state index contributed by atoms with van der Waals surface area (Å²) in [5, 5.41) is 17.9. The number of aromatic nitrogens is 5. The summed E-state index contributed by atoms with van der Waals surface area (Å²) in [5.41, 5.74) is 6.63. The molecule has 1 aliphatic rings. The number of nitrogen functional groups attached to an aromatic ring is 1. The molecule has 2 atom stereocenters. The lowest BCUT2D eigenvalue weighted by molar-refractivity contribution is 0.132. The van der Waals surface area contributed by atoms with Gasteiger partial charge < -0.3 is 10.8 Å². The minimum Gasteiger partial charge on any atom is -0.396 e. The molecule has 1 fully saturated rings. The normalized spacial score (nSPS) is 23.9. The molecule has 0 saturated heterocycles. The molecule has 19 heavy (non-hydrogen) atoms. The van der Waals surface area contributed by atoms with Crippen LogP contribution in [-0.4, -0.2) is 36.7 Å². The maximum absolute atomic E-state index is 9.50. The van der Waals surface area contributed by atoms with Crippen LogP contribution in [0.5, 0.6) is 0 Å². The van der Waals surface area contributed by atoms with Crippen LogP contribution in [0.4, 0.5) is 5.95 Å². The van der Waals surface area contributed by atoms with Gasteiger partial charge in [-0.05, 0) is 12.8 Å². The molecule has 0 amide bonds. The monoisotopic (exact) mass is 282 g/mol. The van der Waals surface area contributed by atoms with Gasteiger partial charge in [0.1, 0.15) is 0 Å². The largest absolute Gasteiger partial charge is 0.396 e. The highest BCUT2D eigenvalue weighted by molar-refractivity contribution is 6.33. The van der Waals surface area contributed by atoms with E-state index in [0.29, 0.717) is 11.2 Å². The SMILES string of the molecule is Nc1nc(Cl)c2nnn([C@H]3CCCC[C@H]3CO)c2n1. The Bertz CT molecular complexity index is 600. The molecule has 1 saturated carbocycles. The summed E-state index contributed by atoms with van der Waals surface area (Å²) in [4.78, 5) is 8.05. The van der Waals surface area contributed by atoms with Crippen LogP contribution in [0, 0.1) is 5.92 Å². The minimum absolute atomic E-state index is 0.0918. The Morgan fingerprint density at radius 2 is 2.11 bits per heavy atom. The van der Waals surface area contributed by atoms with Crippen LogP contribution in [0.15, 0.2) is 0 Å². The molecule has 1 aliphatic carbocycles. The van der Waals surface area contributed by atoms with Gasteiger partial charge in [-0.1, -0.05) is 29.7 Å². The van der Waals surface area contributed by atoms with Gasteiger partial charge in [-0.25, -0.2) is 4.68 Å². The zero-order chi connectivity index (χ0) is 13.4. The molecule has 2 aromatic rings. The lowest BCUT2D eigenvalue weighted by Gasteiger charge is -2.29. The third kappa shape index (κ3) is 2.12. The smallest absolute Gasteiger partial charge is 0.223 e. The first-order chi connectivity index (χ1) is 9.20. The van der Waals surface area contributed by atoms with Crippen molar-refractivity contribution in [3.8, 4) is 0 Å². The van der Waals surface area contributed by atoms with Crippen molar-refractivity contribution in [1.29, 1.82) is 0 Å². The molecule has 8 heteroatoms. The molecular weight excluding hydrogens is 268 g/mol. The second-order valence-corrected chi connectivity index (χ2v) is 5.23. The van der Waals surface area contributed by atoms with E-state index in [1.807, 2.05) is 0 Å². The third-order valence-corrected chi connectivity index (χ3v) is 3.98. The Morgan fingerprint density at radius 1 is 1.32 bits per heavy atom. The highest BCUT2D eigenvalue weighted by Crippen LogP contribution is 2.35. The maximum atomic E-state index is 9.50. The number of aliphatic hydroxyl groups is 1. The van der Waals surface area contributed by atoms with E-state index in [9.17, 15) is 5.11 Å². The lowest BCUT2D eigenvalue weighted by atomic mass is 9.85. The first-order valence-electron chi connectivity index (χ1n) is 6.35. The number of hydrogen-bond donors (Lipinski definition) is 2. The Hall–Kier alpha value is -1.47. The van der Waals surface area contributed by atoms with Crippen molar-refractivity contribution in [3.05, 3.63) is 5.15 Å². The number of nitrogens with zero attached hydrogens (tertiary/aromatic N) is 5. The highest BCUT2D eigenvalue weighted by Gasteiger charge is 2.29. The van der Waals surface area contributed by atoms with Crippen molar-refractivity contribution in [2.45, 2.75) is 31.7 Å². The van der Waals surface area contributed by atoms with Gasteiger partial charge in [0.25, 0.3) is 0 Å². The number of rotatable bonds is 2. The molecular formula is C11H15ClN6O. The Labute approximate surface area is 114 Å². The number of halogens is 1. The molecule has 3 rings (SSSR count). The molecule has 7 nitrogen and oxygen atoms in total. The molecule has 102 valence electrons. The molecule has 2 aromatic heterocycles. The number of anilines is 1. The molecule has 0 radical (unpaired) electrons. The second-order valence-electron chi connectivity index (χ2n) is 4.87. The van der Waals surface area contributed by atoms with Gasteiger partial charge >= 0.3 is 0 Å². The maximum Gasteiger partial charge on any atom is 0.223 e. The van der Waals surface area contributed by atoms with Crippen LogP contribution in [0.3, 0.4) is 0 Å². The fourth-order valence-electron chi connectivity index (χ4n) is 2.76. The summed E-state index contributed by atoms with van der Waals surface area (Å²) in [6.45, 7) is 0.139. The van der Waals surface area contributed by atoms with Gasteiger partial charge in [0, 0.05) is 12.5 Å². The Kier molecular flexibility index (Phi) is 3.24. The molecule has 0 aliphatic heterocycles. The molecule has 0 bridgehead atoms. The molecule has 2 heterocycles. The second kappa shape index (κ2) is 4.90. The molecule has 0 unspecified atom stereocenters. The van der Waals surface area contributed by atoms with Crippen molar-refractivity contribution in [3.63, 3.8) is 0 Å². The van der Waals surface area contributed by atoms with Crippen molar-refractivity contribution in [2.75, 3.05) is 12.3 Å². The van der Waals surface area contributed by atoms with E-state index < -0.39 is 0 Å². The number of nitrogens with two attached hydrogens (primary N) is 1. The van der Waals surface area contributed by atoms with Gasteiger partial charge in [0.15, 0.2) is 16.3 Å². The minimum atomic E-state index is 0.0918. The van der Waals surface area contributed by atoms with E-state index in [0.717, 1.165) is 25.7 Å². The van der Waals surface area contributed by atoms with Gasteiger partial charge in [0.05, 0.1) is 6.04 Å². The predicted octanol–water partition coefficient (Wildman–Crippen LogP) is 1.18. The fourth-order valence-corrected chi connectivity index (χ4v) is 2.97. The van der Waals surface area contributed by atoms with E-state index in [-0.39, 0.29) is 29.7 Å². The molecule has 3 N–H and O–H groups in total. The van der Waals surface area contributed by atoms with E-state index in [4.69, 9.17) is 17.3 Å². The van der Waals surface area contributed by atoms with Crippen molar-refractivity contribution in [1.82, 2.24) is 25.0 Å². The summed E-state index contributed by atoms with van der Waals surface area (Å²) in [5.74, 6) is 0.283. The van der Waals surface area contributed by atoms with Gasteiger partial charge in [-0.2, -0.15) is 9.97 Å². The fraction of sp³-hybridized carbons (Fsp3) is 0.636. The third-order valence-electron chi connectivity index (χ3n) is 3.72. The summed E-state index contributed by atoms with van der Waals surface area (Å²) >= 11 is 5.99.